The topological polar surface area (TPSA) is 78.9 Å². The van der Waals surface area contributed by atoms with E-state index < -0.39 is 6.10 Å². The molecule has 67 heavy (non-hydrogen) atoms. The number of hydrogen-bond acceptors (Lipinski definition) is 6. The molecule has 0 saturated carbocycles. The average Bonchev–Trinajstić information content (AvgIpc) is 3.33. The lowest BCUT2D eigenvalue weighted by atomic mass is 10.0. The number of carbonyl (C=O) groups is 3. The van der Waals surface area contributed by atoms with Gasteiger partial charge in [-0.3, -0.25) is 14.4 Å². The van der Waals surface area contributed by atoms with Gasteiger partial charge >= 0.3 is 17.9 Å². The SMILES string of the molecule is CCCCCCC/C=C\C/C=C\CCCCCCCCCCCCCC(=O)OCC(COC(=O)CCCCCCCCCCC)OC(=O)CCCCCCCCCCCCCCCCCCC. The van der Waals surface area contributed by atoms with Crippen molar-refractivity contribution in [2.75, 3.05) is 13.2 Å². The second-order valence-electron chi connectivity index (χ2n) is 20.3. The predicted molar refractivity (Wildman–Crippen MR) is 289 cm³/mol. The summed E-state index contributed by atoms with van der Waals surface area (Å²) < 4.78 is 16.9. The van der Waals surface area contributed by atoms with Crippen LogP contribution >= 0.6 is 0 Å². The van der Waals surface area contributed by atoms with Gasteiger partial charge in [0.1, 0.15) is 13.2 Å². The van der Waals surface area contributed by atoms with E-state index in [1.807, 2.05) is 0 Å². The molecule has 0 rings (SSSR count). The zero-order valence-electron chi connectivity index (χ0n) is 45.2. The first-order chi connectivity index (χ1) is 33.0. The Morgan fingerprint density at radius 3 is 0.821 bits per heavy atom. The lowest BCUT2D eigenvalue weighted by Gasteiger charge is -2.18. The zero-order valence-corrected chi connectivity index (χ0v) is 45.2. The van der Waals surface area contributed by atoms with Gasteiger partial charge in [0.25, 0.3) is 0 Å². The monoisotopic (exact) mass is 943 g/mol. The van der Waals surface area contributed by atoms with E-state index in [0.717, 1.165) is 64.2 Å². The number of ether oxygens (including phenoxy) is 3. The van der Waals surface area contributed by atoms with Crippen LogP contribution in [0.25, 0.3) is 0 Å². The number of allylic oxidation sites excluding steroid dienone is 4. The van der Waals surface area contributed by atoms with Crippen LogP contribution in [0.1, 0.15) is 329 Å². The summed E-state index contributed by atoms with van der Waals surface area (Å²) in [6.45, 7) is 6.66. The molecule has 0 fully saturated rings. The first-order valence-electron chi connectivity index (χ1n) is 29.8. The standard InChI is InChI=1S/C61H114O6/c1-4-7-10-13-16-19-21-23-25-27-28-29-30-31-32-34-35-37-39-42-45-48-51-54-60(63)66-57-58(56-65-59(62)53-50-47-44-41-18-15-12-9-6-3)67-61(64)55-52-49-46-43-40-38-36-33-26-24-22-20-17-14-11-8-5-2/h21,23,27-28,58H,4-20,22,24-26,29-57H2,1-3H3/b23-21-,28-27-. The van der Waals surface area contributed by atoms with Crippen molar-refractivity contribution in [2.24, 2.45) is 0 Å². The van der Waals surface area contributed by atoms with E-state index >= 15 is 0 Å². The van der Waals surface area contributed by atoms with Crippen LogP contribution in [-0.2, 0) is 28.6 Å². The van der Waals surface area contributed by atoms with Crippen LogP contribution in [0, 0.1) is 0 Å². The first kappa shape index (κ1) is 64.9. The van der Waals surface area contributed by atoms with E-state index in [1.54, 1.807) is 0 Å². The molecule has 0 aliphatic carbocycles. The number of carbonyl (C=O) groups excluding carboxylic acids is 3. The molecular formula is C61H114O6. The van der Waals surface area contributed by atoms with Crippen molar-refractivity contribution in [1.29, 1.82) is 0 Å². The summed E-state index contributed by atoms with van der Waals surface area (Å²) in [5.74, 6) is -0.849. The minimum atomic E-state index is -0.766. The van der Waals surface area contributed by atoms with Gasteiger partial charge in [-0.15, -0.1) is 0 Å². The van der Waals surface area contributed by atoms with Crippen LogP contribution in [-0.4, -0.2) is 37.2 Å². The molecule has 0 radical (unpaired) electrons. The summed E-state index contributed by atoms with van der Waals surface area (Å²) >= 11 is 0. The van der Waals surface area contributed by atoms with E-state index in [1.165, 1.54) is 225 Å². The number of rotatable bonds is 55. The van der Waals surface area contributed by atoms with E-state index in [9.17, 15) is 14.4 Å². The van der Waals surface area contributed by atoms with Crippen molar-refractivity contribution in [3.05, 3.63) is 24.3 Å². The fourth-order valence-electron chi connectivity index (χ4n) is 8.95. The Bertz CT molecular complexity index is 1080. The smallest absolute Gasteiger partial charge is 0.306 e. The van der Waals surface area contributed by atoms with Gasteiger partial charge in [0, 0.05) is 19.3 Å². The second kappa shape index (κ2) is 56.5. The third-order valence-corrected chi connectivity index (χ3v) is 13.5. The summed E-state index contributed by atoms with van der Waals surface area (Å²) in [5, 5.41) is 0. The minimum Gasteiger partial charge on any atom is -0.462 e. The normalized spacial score (nSPS) is 12.1. The highest BCUT2D eigenvalue weighted by Crippen LogP contribution is 2.17. The van der Waals surface area contributed by atoms with E-state index in [0.29, 0.717) is 19.3 Å². The number of esters is 3. The highest BCUT2D eigenvalue weighted by atomic mass is 16.6. The molecule has 0 spiro atoms. The number of hydrogen-bond donors (Lipinski definition) is 0. The van der Waals surface area contributed by atoms with Crippen molar-refractivity contribution < 1.29 is 28.6 Å². The van der Waals surface area contributed by atoms with Crippen molar-refractivity contribution in [2.45, 2.75) is 335 Å². The van der Waals surface area contributed by atoms with Crippen molar-refractivity contribution in [3.8, 4) is 0 Å². The van der Waals surface area contributed by atoms with Gasteiger partial charge < -0.3 is 14.2 Å². The van der Waals surface area contributed by atoms with Crippen LogP contribution in [0.5, 0.6) is 0 Å². The summed E-state index contributed by atoms with van der Waals surface area (Å²) in [7, 11) is 0. The molecule has 0 aromatic heterocycles. The van der Waals surface area contributed by atoms with E-state index in [2.05, 4.69) is 45.1 Å². The Morgan fingerprint density at radius 2 is 0.537 bits per heavy atom. The molecule has 0 aromatic rings. The second-order valence-corrected chi connectivity index (χ2v) is 20.3. The molecule has 0 aliphatic rings. The Morgan fingerprint density at radius 1 is 0.299 bits per heavy atom. The molecule has 0 aliphatic heterocycles. The van der Waals surface area contributed by atoms with Gasteiger partial charge in [0.05, 0.1) is 0 Å². The maximum Gasteiger partial charge on any atom is 0.306 e. The molecule has 0 saturated heterocycles. The lowest BCUT2D eigenvalue weighted by Crippen LogP contribution is -2.30. The Hall–Kier alpha value is -2.11. The lowest BCUT2D eigenvalue weighted by molar-refractivity contribution is -0.167. The van der Waals surface area contributed by atoms with Crippen LogP contribution < -0.4 is 0 Å². The van der Waals surface area contributed by atoms with Gasteiger partial charge in [0.15, 0.2) is 6.10 Å². The summed E-state index contributed by atoms with van der Waals surface area (Å²) in [6, 6.07) is 0. The van der Waals surface area contributed by atoms with Gasteiger partial charge in [-0.05, 0) is 51.4 Å². The van der Waals surface area contributed by atoms with Crippen LogP contribution in [0.3, 0.4) is 0 Å². The fraction of sp³-hybridized carbons (Fsp3) is 0.885. The summed E-state index contributed by atoms with van der Waals surface area (Å²) in [5.41, 5.74) is 0. The molecule has 1 atom stereocenters. The Balaban J connectivity index is 4.19. The molecular weight excluding hydrogens is 829 g/mol. The van der Waals surface area contributed by atoms with Gasteiger partial charge in [0.2, 0.25) is 0 Å². The third kappa shape index (κ3) is 54.7. The number of unbranched alkanes of at least 4 members (excludes halogenated alkanes) is 40. The predicted octanol–water partition coefficient (Wildman–Crippen LogP) is 19.9. The molecule has 1 unspecified atom stereocenters. The molecule has 0 N–H and O–H groups in total. The third-order valence-electron chi connectivity index (χ3n) is 13.5. The van der Waals surface area contributed by atoms with Gasteiger partial charge in [-0.1, -0.05) is 283 Å². The zero-order chi connectivity index (χ0) is 48.6. The highest BCUT2D eigenvalue weighted by molar-refractivity contribution is 5.71. The van der Waals surface area contributed by atoms with Crippen molar-refractivity contribution in [1.82, 2.24) is 0 Å². The first-order valence-corrected chi connectivity index (χ1v) is 29.8. The average molecular weight is 944 g/mol. The summed E-state index contributed by atoms with van der Waals surface area (Å²) in [6.07, 6.45) is 66.1. The van der Waals surface area contributed by atoms with Gasteiger partial charge in [-0.25, -0.2) is 0 Å². The highest BCUT2D eigenvalue weighted by Gasteiger charge is 2.19. The Kier molecular flexibility index (Phi) is 54.7. The van der Waals surface area contributed by atoms with Gasteiger partial charge in [-0.2, -0.15) is 0 Å². The maximum absolute atomic E-state index is 12.8. The van der Waals surface area contributed by atoms with Crippen molar-refractivity contribution in [3.63, 3.8) is 0 Å². The fourth-order valence-corrected chi connectivity index (χ4v) is 8.95. The van der Waals surface area contributed by atoms with Crippen LogP contribution in [0.2, 0.25) is 0 Å². The largest absolute Gasteiger partial charge is 0.462 e. The Labute approximate surface area is 417 Å². The van der Waals surface area contributed by atoms with Crippen LogP contribution in [0.15, 0.2) is 24.3 Å². The minimum absolute atomic E-state index is 0.0664. The quantitative estimate of drug-likeness (QED) is 0.0262. The van der Waals surface area contributed by atoms with E-state index in [4.69, 9.17) is 14.2 Å². The molecule has 0 amide bonds. The molecule has 394 valence electrons. The van der Waals surface area contributed by atoms with Crippen LogP contribution in [0.4, 0.5) is 0 Å². The van der Waals surface area contributed by atoms with E-state index in [-0.39, 0.29) is 31.1 Å². The molecule has 0 heterocycles. The maximum atomic E-state index is 12.8. The molecule has 0 bridgehead atoms. The molecule has 6 heteroatoms. The molecule has 6 nitrogen and oxygen atoms in total. The summed E-state index contributed by atoms with van der Waals surface area (Å²) in [4.78, 5) is 38.1. The molecule has 0 aromatic carbocycles. The van der Waals surface area contributed by atoms with Crippen molar-refractivity contribution >= 4 is 17.9 Å².